The van der Waals surface area contributed by atoms with Gasteiger partial charge in [-0.25, -0.2) is 9.97 Å². The fourth-order valence-corrected chi connectivity index (χ4v) is 9.34. The first-order valence-electron chi connectivity index (χ1n) is 20.3. The summed E-state index contributed by atoms with van der Waals surface area (Å²) >= 11 is 0. The van der Waals surface area contributed by atoms with Crippen molar-refractivity contribution in [2.45, 2.75) is 31.6 Å². The van der Waals surface area contributed by atoms with Crippen LogP contribution in [0.3, 0.4) is 0 Å². The van der Waals surface area contributed by atoms with E-state index in [9.17, 15) is 0 Å². The Morgan fingerprint density at radius 3 is 2.05 bits per heavy atom. The van der Waals surface area contributed by atoms with Crippen LogP contribution in [0.15, 0.2) is 194 Å². The molecular weight excluding hydrogens is 703 g/mol. The maximum Gasteiger partial charge on any atom is 0.160 e. The summed E-state index contributed by atoms with van der Waals surface area (Å²) in [6.45, 7) is 4.71. The maximum absolute atomic E-state index is 5.34. The van der Waals surface area contributed by atoms with Crippen molar-refractivity contribution in [3.63, 3.8) is 0 Å². The van der Waals surface area contributed by atoms with Crippen LogP contribution in [0.2, 0.25) is 0 Å². The zero-order valence-electron chi connectivity index (χ0n) is 32.6. The summed E-state index contributed by atoms with van der Waals surface area (Å²) < 4.78 is 2.44. The van der Waals surface area contributed by atoms with Gasteiger partial charge >= 0.3 is 0 Å². The fraction of sp³-hybridized carbons (Fsp3) is 0.0909. The molecule has 276 valence electrons. The van der Waals surface area contributed by atoms with Crippen LogP contribution in [0.25, 0.3) is 83.6 Å². The molecular formula is C55H41N3. The van der Waals surface area contributed by atoms with E-state index in [0.717, 1.165) is 45.7 Å². The third-order valence-electron chi connectivity index (χ3n) is 12.3. The molecule has 0 aliphatic heterocycles. The van der Waals surface area contributed by atoms with Gasteiger partial charge in [0.2, 0.25) is 0 Å². The molecule has 0 fully saturated rings. The highest BCUT2D eigenvalue weighted by Crippen LogP contribution is 2.51. The summed E-state index contributed by atoms with van der Waals surface area (Å²) in [5, 5.41) is 2.52. The smallest absolute Gasteiger partial charge is 0.160 e. The second kappa shape index (κ2) is 13.5. The van der Waals surface area contributed by atoms with Gasteiger partial charge in [-0.3, -0.25) is 0 Å². The van der Waals surface area contributed by atoms with Gasteiger partial charge in [0.05, 0.1) is 22.4 Å². The van der Waals surface area contributed by atoms with Crippen LogP contribution in [0.4, 0.5) is 0 Å². The van der Waals surface area contributed by atoms with Crippen LogP contribution in [0.5, 0.6) is 0 Å². The second-order valence-electron chi connectivity index (χ2n) is 16.2. The molecule has 3 nitrogen and oxygen atoms in total. The SMILES string of the molecule is CC1(C)c2ccccc2-c2cc3c4ccccc4n(-c4cccc(-c5cc(-c6cccc(C7C=CC=CC7)c6)nc(-c6cccc(-c7ccccc7)c6)n5)c4)c3cc21. The quantitative estimate of drug-likeness (QED) is 0.170. The number of hydrogen-bond donors (Lipinski definition) is 0. The molecule has 11 rings (SSSR count). The Bertz CT molecular complexity index is 3120. The summed E-state index contributed by atoms with van der Waals surface area (Å²) in [6.07, 6.45) is 9.81. The molecule has 2 aliphatic rings. The maximum atomic E-state index is 5.34. The standard InChI is InChI=1S/C55H41N3/c1-55(2)48-28-11-9-26-44(48)46-33-47-45-27-10-12-29-52(45)58(53(47)34-49(46)55)43-25-15-23-41(32-43)51-35-50(40-22-13-20-38(30-40)36-16-5-3-6-17-36)56-54(57-51)42-24-14-21-39(31-42)37-18-7-4-8-19-37/h3-16,18-36H,17H2,1-2H3. The predicted molar refractivity (Wildman–Crippen MR) is 241 cm³/mol. The van der Waals surface area contributed by atoms with Gasteiger partial charge in [0.25, 0.3) is 0 Å². The molecule has 3 heteroatoms. The van der Waals surface area contributed by atoms with E-state index in [4.69, 9.17) is 9.97 Å². The van der Waals surface area contributed by atoms with E-state index in [0.29, 0.717) is 11.7 Å². The Hall–Kier alpha value is -7.10. The molecule has 0 saturated carbocycles. The van der Waals surface area contributed by atoms with Crippen molar-refractivity contribution in [3.05, 3.63) is 211 Å². The highest BCUT2D eigenvalue weighted by Gasteiger charge is 2.36. The summed E-state index contributed by atoms with van der Waals surface area (Å²) in [7, 11) is 0. The van der Waals surface area contributed by atoms with E-state index < -0.39 is 0 Å². The van der Waals surface area contributed by atoms with Gasteiger partial charge in [0.1, 0.15) is 0 Å². The van der Waals surface area contributed by atoms with Gasteiger partial charge in [0, 0.05) is 44.5 Å². The third kappa shape index (κ3) is 5.65. The van der Waals surface area contributed by atoms with Crippen molar-refractivity contribution in [1.82, 2.24) is 14.5 Å². The number of hydrogen-bond acceptors (Lipinski definition) is 2. The Morgan fingerprint density at radius 2 is 1.21 bits per heavy atom. The molecule has 1 atom stereocenters. The lowest BCUT2D eigenvalue weighted by molar-refractivity contribution is 0.661. The molecule has 0 bridgehead atoms. The fourth-order valence-electron chi connectivity index (χ4n) is 9.34. The molecule has 0 amide bonds. The number of rotatable bonds is 6. The summed E-state index contributed by atoms with van der Waals surface area (Å²) in [4.78, 5) is 10.6. The van der Waals surface area contributed by atoms with Crippen LogP contribution < -0.4 is 0 Å². The summed E-state index contributed by atoms with van der Waals surface area (Å²) in [5.41, 5.74) is 17.3. The van der Waals surface area contributed by atoms with Crippen LogP contribution in [0.1, 0.15) is 42.9 Å². The predicted octanol–water partition coefficient (Wildman–Crippen LogP) is 14.1. The third-order valence-corrected chi connectivity index (χ3v) is 12.3. The number of allylic oxidation sites excluding steroid dienone is 4. The monoisotopic (exact) mass is 743 g/mol. The van der Waals surface area contributed by atoms with E-state index in [1.165, 1.54) is 55.2 Å². The highest BCUT2D eigenvalue weighted by atomic mass is 15.0. The minimum Gasteiger partial charge on any atom is -0.309 e. The van der Waals surface area contributed by atoms with E-state index in [2.05, 4.69) is 213 Å². The molecule has 7 aromatic carbocycles. The number of fused-ring (bicyclic) bond motifs is 6. The van der Waals surface area contributed by atoms with Crippen molar-refractivity contribution < 1.29 is 0 Å². The Labute approximate surface area is 339 Å². The highest BCUT2D eigenvalue weighted by molar-refractivity contribution is 6.11. The minimum absolute atomic E-state index is 0.101. The molecule has 1 unspecified atom stereocenters. The van der Waals surface area contributed by atoms with E-state index >= 15 is 0 Å². The van der Waals surface area contributed by atoms with E-state index in [1.807, 2.05) is 0 Å². The van der Waals surface area contributed by atoms with Gasteiger partial charge in [-0.1, -0.05) is 159 Å². The van der Waals surface area contributed by atoms with Crippen molar-refractivity contribution >= 4 is 21.8 Å². The molecule has 2 heterocycles. The first-order chi connectivity index (χ1) is 28.5. The Balaban J connectivity index is 1.08. The molecule has 0 N–H and O–H groups in total. The lowest BCUT2D eigenvalue weighted by atomic mass is 9.82. The molecule has 9 aromatic rings. The Kier molecular flexibility index (Phi) is 7.97. The molecule has 0 saturated heterocycles. The number of para-hydroxylation sites is 1. The van der Waals surface area contributed by atoms with Gasteiger partial charge < -0.3 is 4.57 Å². The number of nitrogens with zero attached hydrogens (tertiary/aromatic N) is 3. The van der Waals surface area contributed by atoms with Crippen LogP contribution in [0, 0.1) is 0 Å². The van der Waals surface area contributed by atoms with E-state index in [-0.39, 0.29) is 5.41 Å². The first kappa shape index (κ1) is 34.2. The topological polar surface area (TPSA) is 30.7 Å². The minimum atomic E-state index is -0.101. The number of benzene rings is 7. The van der Waals surface area contributed by atoms with Gasteiger partial charge in [-0.05, 0) is 93.9 Å². The molecule has 2 aliphatic carbocycles. The summed E-state index contributed by atoms with van der Waals surface area (Å²) in [5.74, 6) is 1.05. The van der Waals surface area contributed by atoms with Gasteiger partial charge in [-0.15, -0.1) is 0 Å². The normalized spacial score (nSPS) is 15.2. The number of aromatic nitrogens is 3. The second-order valence-corrected chi connectivity index (χ2v) is 16.2. The molecule has 0 radical (unpaired) electrons. The molecule has 58 heavy (non-hydrogen) atoms. The average Bonchev–Trinajstić information content (AvgIpc) is 3.73. The lowest BCUT2D eigenvalue weighted by Crippen LogP contribution is -2.14. The van der Waals surface area contributed by atoms with Crippen LogP contribution >= 0.6 is 0 Å². The lowest BCUT2D eigenvalue weighted by Gasteiger charge is -2.21. The summed E-state index contributed by atoms with van der Waals surface area (Å²) in [6, 6.07) is 61.6. The van der Waals surface area contributed by atoms with Gasteiger partial charge in [0.15, 0.2) is 5.82 Å². The Morgan fingerprint density at radius 1 is 0.500 bits per heavy atom. The van der Waals surface area contributed by atoms with Crippen molar-refractivity contribution in [2.24, 2.45) is 0 Å². The first-order valence-corrected chi connectivity index (χ1v) is 20.3. The van der Waals surface area contributed by atoms with Gasteiger partial charge in [-0.2, -0.15) is 0 Å². The van der Waals surface area contributed by atoms with Crippen LogP contribution in [-0.4, -0.2) is 14.5 Å². The van der Waals surface area contributed by atoms with Crippen molar-refractivity contribution in [3.8, 4) is 61.8 Å². The van der Waals surface area contributed by atoms with Crippen LogP contribution in [-0.2, 0) is 5.41 Å². The largest absolute Gasteiger partial charge is 0.309 e. The van der Waals surface area contributed by atoms with E-state index in [1.54, 1.807) is 0 Å². The zero-order valence-corrected chi connectivity index (χ0v) is 32.6. The molecule has 2 aromatic heterocycles. The zero-order chi connectivity index (χ0) is 38.8. The average molecular weight is 744 g/mol. The molecule has 0 spiro atoms. The van der Waals surface area contributed by atoms with Crippen molar-refractivity contribution in [2.75, 3.05) is 0 Å². The van der Waals surface area contributed by atoms with Crippen molar-refractivity contribution in [1.29, 1.82) is 0 Å².